The maximum atomic E-state index is 4.74. The highest BCUT2D eigenvalue weighted by molar-refractivity contribution is 5.81. The number of allylic oxidation sites excluding steroid dienone is 1. The summed E-state index contributed by atoms with van der Waals surface area (Å²) in [5.41, 5.74) is 5.51. The Hall–Kier alpha value is -2.88. The van der Waals surface area contributed by atoms with Gasteiger partial charge in [0.1, 0.15) is 11.5 Å². The van der Waals surface area contributed by atoms with E-state index >= 15 is 0 Å². The Morgan fingerprint density at radius 2 is 2.04 bits per heavy atom. The first-order valence-electron chi connectivity index (χ1n) is 10.1. The molecule has 1 saturated heterocycles. The van der Waals surface area contributed by atoms with Crippen LogP contribution >= 0.6 is 0 Å². The number of fused-ring (bicyclic) bond motifs is 1. The van der Waals surface area contributed by atoms with E-state index in [4.69, 9.17) is 9.97 Å². The lowest BCUT2D eigenvalue weighted by Crippen LogP contribution is -2.16. The maximum Gasteiger partial charge on any atom is 0.144 e. The molecule has 0 radical (unpaired) electrons. The third-order valence-corrected chi connectivity index (χ3v) is 5.45. The molecule has 0 bridgehead atoms. The SMILES string of the molecule is C=Cc1cnc2c(c1)cc(CCC(C)C)n2-c1ccc(N2CCCC2=C)nc1. The van der Waals surface area contributed by atoms with Crippen molar-refractivity contribution in [3.8, 4) is 5.69 Å². The molecule has 1 aliphatic heterocycles. The number of hydrogen-bond acceptors (Lipinski definition) is 3. The summed E-state index contributed by atoms with van der Waals surface area (Å²) in [6.07, 6.45) is 10.1. The van der Waals surface area contributed by atoms with Crippen LogP contribution in [-0.2, 0) is 6.42 Å². The minimum absolute atomic E-state index is 0.657. The van der Waals surface area contributed by atoms with Gasteiger partial charge in [-0.3, -0.25) is 4.57 Å². The summed E-state index contributed by atoms with van der Waals surface area (Å²) in [6, 6.07) is 8.66. The second-order valence-corrected chi connectivity index (χ2v) is 7.99. The predicted octanol–water partition coefficient (Wildman–Crippen LogP) is 5.77. The second kappa shape index (κ2) is 7.63. The highest BCUT2D eigenvalue weighted by Crippen LogP contribution is 2.29. The molecule has 3 aromatic rings. The van der Waals surface area contributed by atoms with Crippen LogP contribution in [0.15, 0.2) is 55.5 Å². The van der Waals surface area contributed by atoms with Gasteiger partial charge in [0.05, 0.1) is 11.9 Å². The van der Waals surface area contributed by atoms with E-state index in [1.165, 1.54) is 5.69 Å². The van der Waals surface area contributed by atoms with Gasteiger partial charge in [0.15, 0.2) is 0 Å². The number of anilines is 1. The third kappa shape index (κ3) is 3.47. The summed E-state index contributed by atoms with van der Waals surface area (Å²) in [5.74, 6) is 1.64. The average Bonchev–Trinajstić information content (AvgIpc) is 3.29. The predicted molar refractivity (Wildman–Crippen MR) is 118 cm³/mol. The topological polar surface area (TPSA) is 34.0 Å². The fraction of sp³-hybridized carbons (Fsp3) is 0.333. The van der Waals surface area contributed by atoms with E-state index in [-0.39, 0.29) is 0 Å². The van der Waals surface area contributed by atoms with Crippen LogP contribution in [0.2, 0.25) is 0 Å². The number of aryl methyl sites for hydroxylation is 1. The minimum atomic E-state index is 0.657. The van der Waals surface area contributed by atoms with Gasteiger partial charge in [-0.25, -0.2) is 9.97 Å². The molecule has 144 valence electrons. The highest BCUT2D eigenvalue weighted by Gasteiger charge is 2.18. The van der Waals surface area contributed by atoms with Crippen molar-refractivity contribution in [3.05, 3.63) is 66.8 Å². The smallest absolute Gasteiger partial charge is 0.144 e. The molecule has 1 fully saturated rings. The van der Waals surface area contributed by atoms with Gasteiger partial charge >= 0.3 is 0 Å². The number of hydrogen-bond donors (Lipinski definition) is 0. The van der Waals surface area contributed by atoms with Gasteiger partial charge in [-0.05, 0) is 61.4 Å². The van der Waals surface area contributed by atoms with Gasteiger partial charge in [-0.15, -0.1) is 0 Å². The zero-order valence-electron chi connectivity index (χ0n) is 16.9. The van der Waals surface area contributed by atoms with E-state index in [2.05, 4.69) is 60.7 Å². The lowest BCUT2D eigenvalue weighted by molar-refractivity contribution is 0.578. The Morgan fingerprint density at radius 3 is 2.68 bits per heavy atom. The van der Waals surface area contributed by atoms with Crippen LogP contribution in [-0.4, -0.2) is 21.1 Å². The van der Waals surface area contributed by atoms with E-state index in [9.17, 15) is 0 Å². The van der Waals surface area contributed by atoms with E-state index < -0.39 is 0 Å². The van der Waals surface area contributed by atoms with Crippen molar-refractivity contribution in [3.63, 3.8) is 0 Å². The quantitative estimate of drug-likeness (QED) is 0.551. The zero-order valence-corrected chi connectivity index (χ0v) is 16.9. The summed E-state index contributed by atoms with van der Waals surface area (Å²) in [4.78, 5) is 11.7. The molecule has 0 aromatic carbocycles. The molecule has 1 aliphatic rings. The van der Waals surface area contributed by atoms with Crippen LogP contribution in [0.25, 0.3) is 22.8 Å². The van der Waals surface area contributed by atoms with Crippen molar-refractivity contribution in [1.82, 2.24) is 14.5 Å². The molecular weight excluding hydrogens is 344 g/mol. The van der Waals surface area contributed by atoms with Gasteiger partial charge in [-0.1, -0.05) is 33.1 Å². The van der Waals surface area contributed by atoms with E-state index in [1.54, 1.807) is 0 Å². The van der Waals surface area contributed by atoms with Gasteiger partial charge in [0.25, 0.3) is 0 Å². The van der Waals surface area contributed by atoms with Crippen LogP contribution in [0.5, 0.6) is 0 Å². The number of rotatable bonds is 6. The van der Waals surface area contributed by atoms with Gasteiger partial charge < -0.3 is 4.90 Å². The van der Waals surface area contributed by atoms with E-state index in [0.717, 1.165) is 66.0 Å². The van der Waals surface area contributed by atoms with Gasteiger partial charge in [0, 0.05) is 29.5 Å². The van der Waals surface area contributed by atoms with Crippen LogP contribution in [0.3, 0.4) is 0 Å². The number of aromatic nitrogens is 3. The van der Waals surface area contributed by atoms with E-state index in [0.29, 0.717) is 5.92 Å². The van der Waals surface area contributed by atoms with Crippen molar-refractivity contribution >= 4 is 22.9 Å². The zero-order chi connectivity index (χ0) is 19.7. The highest BCUT2D eigenvalue weighted by atomic mass is 15.2. The van der Waals surface area contributed by atoms with Crippen molar-refractivity contribution in [2.45, 2.75) is 39.5 Å². The molecule has 4 rings (SSSR count). The Kier molecular flexibility index (Phi) is 5.03. The van der Waals surface area contributed by atoms with Crippen LogP contribution in [0.4, 0.5) is 5.82 Å². The van der Waals surface area contributed by atoms with Crippen molar-refractivity contribution in [2.24, 2.45) is 5.92 Å². The largest absolute Gasteiger partial charge is 0.331 e. The monoisotopic (exact) mass is 372 g/mol. The van der Waals surface area contributed by atoms with Crippen molar-refractivity contribution in [1.29, 1.82) is 0 Å². The Labute approximate surface area is 167 Å². The summed E-state index contributed by atoms with van der Waals surface area (Å²) < 4.78 is 2.25. The average molecular weight is 373 g/mol. The molecule has 28 heavy (non-hydrogen) atoms. The molecule has 4 nitrogen and oxygen atoms in total. The molecule has 4 heterocycles. The van der Waals surface area contributed by atoms with Gasteiger partial charge in [-0.2, -0.15) is 0 Å². The third-order valence-electron chi connectivity index (χ3n) is 5.45. The standard InChI is InChI=1S/C24H28N4/c1-5-19-13-20-14-21(9-8-17(2)3)28(24(20)26-15-19)22-10-11-23(25-16-22)27-12-6-7-18(27)4/h5,10-11,13-17H,1,4,6-9,12H2,2-3H3. The Bertz CT molecular complexity index is 1010. The molecule has 0 aliphatic carbocycles. The number of nitrogens with zero attached hydrogens (tertiary/aromatic N) is 4. The maximum absolute atomic E-state index is 4.74. The fourth-order valence-electron chi connectivity index (χ4n) is 3.87. The second-order valence-electron chi connectivity index (χ2n) is 7.99. The summed E-state index contributed by atoms with van der Waals surface area (Å²) >= 11 is 0. The molecule has 0 atom stereocenters. The first kappa shape index (κ1) is 18.5. The van der Waals surface area contributed by atoms with Crippen LogP contribution in [0.1, 0.15) is 44.4 Å². The van der Waals surface area contributed by atoms with Gasteiger partial charge in [0.2, 0.25) is 0 Å². The van der Waals surface area contributed by atoms with E-state index in [1.807, 2.05) is 18.5 Å². The van der Waals surface area contributed by atoms with Crippen molar-refractivity contribution < 1.29 is 0 Å². The summed E-state index contributed by atoms with van der Waals surface area (Å²) in [6.45, 7) is 13.6. The summed E-state index contributed by atoms with van der Waals surface area (Å²) in [5, 5.41) is 1.15. The molecule has 4 heteroatoms. The Morgan fingerprint density at radius 1 is 1.18 bits per heavy atom. The first-order valence-corrected chi connectivity index (χ1v) is 10.1. The lowest BCUT2D eigenvalue weighted by atomic mass is 10.1. The van der Waals surface area contributed by atoms with Crippen molar-refractivity contribution in [2.75, 3.05) is 11.4 Å². The molecule has 3 aromatic heterocycles. The Balaban J connectivity index is 1.76. The molecule has 0 saturated carbocycles. The normalized spacial score (nSPS) is 14.4. The lowest BCUT2D eigenvalue weighted by Gasteiger charge is -2.18. The minimum Gasteiger partial charge on any atom is -0.331 e. The van der Waals surface area contributed by atoms with Crippen LogP contribution in [0, 0.1) is 5.92 Å². The number of pyridine rings is 2. The molecule has 0 amide bonds. The van der Waals surface area contributed by atoms with Crippen LogP contribution < -0.4 is 4.90 Å². The molecule has 0 unspecified atom stereocenters. The first-order chi connectivity index (χ1) is 13.6. The fourth-order valence-corrected chi connectivity index (χ4v) is 3.87. The molecular formula is C24H28N4. The molecule has 0 N–H and O–H groups in total. The molecule has 0 spiro atoms. The summed E-state index contributed by atoms with van der Waals surface area (Å²) in [7, 11) is 0.